The highest BCUT2D eigenvalue weighted by Gasteiger charge is 2.19. The number of nitrogens with zero attached hydrogens (tertiary/aromatic N) is 6. The third kappa shape index (κ3) is 8.09. The van der Waals surface area contributed by atoms with Gasteiger partial charge in [-0.25, -0.2) is 19.9 Å². The number of para-hydroxylation sites is 2. The lowest BCUT2D eigenvalue weighted by atomic mass is 9.91. The van der Waals surface area contributed by atoms with Gasteiger partial charge >= 0.3 is 0 Å². The van der Waals surface area contributed by atoms with Gasteiger partial charge in [0.25, 0.3) is 0 Å². The number of allylic oxidation sites excluding steroid dienone is 1. The Bertz CT molecular complexity index is 3430. The Kier molecular flexibility index (Phi) is 10.2. The molecule has 0 spiro atoms. The molecule has 8 aromatic carbocycles. The van der Waals surface area contributed by atoms with Crippen LogP contribution in [0.15, 0.2) is 216 Å². The Hall–Kier alpha value is -9.06. The van der Waals surface area contributed by atoms with Crippen LogP contribution in [-0.4, -0.2) is 26.2 Å². The Labute approximate surface area is 375 Å². The number of nitriles is 1. The number of rotatable bonds is 9. The van der Waals surface area contributed by atoms with Crippen molar-refractivity contribution in [1.82, 2.24) is 25.3 Å². The van der Waals surface area contributed by atoms with Crippen LogP contribution in [0.25, 0.3) is 101 Å². The van der Waals surface area contributed by atoms with Crippen molar-refractivity contribution < 1.29 is 4.42 Å². The number of hydrogen-bond donors (Lipinski definition) is 1. The maximum atomic E-state index is 9.61. The van der Waals surface area contributed by atoms with Gasteiger partial charge in [-0.3, -0.25) is 4.99 Å². The lowest BCUT2D eigenvalue weighted by molar-refractivity contribution is 0.620. The molecule has 3 heterocycles. The number of nitrogens with one attached hydrogen (secondary N) is 1. The molecule has 0 saturated heterocycles. The molecule has 8 nitrogen and oxygen atoms in total. The fourth-order valence-electron chi connectivity index (χ4n) is 8.14. The van der Waals surface area contributed by atoms with Crippen molar-refractivity contribution in [2.75, 3.05) is 0 Å². The maximum absolute atomic E-state index is 9.61. The summed E-state index contributed by atoms with van der Waals surface area (Å²) in [6, 6.07) is 67.8. The van der Waals surface area contributed by atoms with Crippen molar-refractivity contribution in [3.63, 3.8) is 0 Å². The zero-order valence-electron chi connectivity index (χ0n) is 34.9. The first kappa shape index (κ1) is 38.8. The summed E-state index contributed by atoms with van der Waals surface area (Å²) < 4.78 is 6.10. The van der Waals surface area contributed by atoms with Crippen molar-refractivity contribution in [3.05, 3.63) is 218 Å². The zero-order valence-corrected chi connectivity index (χ0v) is 34.9. The molecule has 0 aliphatic carbocycles. The molecule has 1 aliphatic rings. The van der Waals surface area contributed by atoms with Crippen LogP contribution in [0, 0.1) is 11.3 Å². The lowest BCUT2D eigenvalue weighted by Gasteiger charge is -2.19. The standard InChI is InChI=1S/C57H37N7O/c58-36-37-19-21-39(22-20-37)45-30-46(40-23-25-42(26-24-40)57-61-51-17-7-8-18-52(51)65-57)32-47(31-45)48-33-49(53-59-27-10-28-60-53)35-50(34-48)56-63-54(41-13-5-2-6-14-41)62-55(64-56)44-16-9-15-43(29-44)38-11-3-1-4-12-38/h1-35,53,59H. The third-order valence-corrected chi connectivity index (χ3v) is 11.5. The summed E-state index contributed by atoms with van der Waals surface area (Å²) in [6.07, 6.45) is 5.28. The molecule has 1 unspecified atom stereocenters. The number of oxazole rings is 1. The molecular weight excluding hydrogens is 799 g/mol. The SMILES string of the molecule is N#Cc1ccc(-c2cc(-c3ccc(-c4nc5ccccc5o4)cc3)cc(-c3cc(-c4nc(-c5ccccc5)nc(-c5cccc(-c6ccccc6)c5)n4)cc(C4N=CC=CN4)c3)c2)cc1. The highest BCUT2D eigenvalue weighted by molar-refractivity contribution is 5.84. The van der Waals surface area contributed by atoms with Crippen molar-refractivity contribution in [3.8, 4) is 96.2 Å². The molecule has 11 rings (SSSR count). The Balaban J connectivity index is 1.07. The normalized spacial score (nSPS) is 13.1. The molecule has 0 saturated carbocycles. The van der Waals surface area contributed by atoms with Crippen LogP contribution < -0.4 is 5.32 Å². The summed E-state index contributed by atoms with van der Waals surface area (Å²) in [6.45, 7) is 0. The molecule has 1 N–H and O–H groups in total. The second-order valence-corrected chi connectivity index (χ2v) is 15.7. The molecular formula is C57H37N7O. The summed E-state index contributed by atoms with van der Waals surface area (Å²) in [7, 11) is 0. The van der Waals surface area contributed by atoms with Crippen LogP contribution in [0.3, 0.4) is 0 Å². The minimum Gasteiger partial charge on any atom is -0.436 e. The number of aliphatic imine (C=N–C) groups is 1. The second-order valence-electron chi connectivity index (χ2n) is 15.7. The predicted molar refractivity (Wildman–Crippen MR) is 259 cm³/mol. The van der Waals surface area contributed by atoms with E-state index in [0.29, 0.717) is 28.9 Å². The van der Waals surface area contributed by atoms with E-state index >= 15 is 0 Å². The van der Waals surface area contributed by atoms with E-state index in [2.05, 4.69) is 84.2 Å². The highest BCUT2D eigenvalue weighted by Crippen LogP contribution is 2.38. The van der Waals surface area contributed by atoms with Gasteiger partial charge in [0, 0.05) is 28.5 Å². The van der Waals surface area contributed by atoms with Gasteiger partial charge in [-0.05, 0) is 141 Å². The molecule has 65 heavy (non-hydrogen) atoms. The molecule has 1 atom stereocenters. The number of fused-ring (bicyclic) bond motifs is 1. The first-order chi connectivity index (χ1) is 32.1. The van der Waals surface area contributed by atoms with Crippen LogP contribution >= 0.6 is 0 Å². The van der Waals surface area contributed by atoms with Gasteiger partial charge in [0.2, 0.25) is 5.89 Å². The fourth-order valence-corrected chi connectivity index (χ4v) is 8.14. The minimum absolute atomic E-state index is 0.336. The van der Waals surface area contributed by atoms with Gasteiger partial charge < -0.3 is 9.73 Å². The summed E-state index contributed by atoms with van der Waals surface area (Å²) in [4.78, 5) is 25.0. The Morgan fingerprint density at radius 2 is 0.938 bits per heavy atom. The monoisotopic (exact) mass is 835 g/mol. The Morgan fingerprint density at radius 1 is 0.431 bits per heavy atom. The number of aromatic nitrogens is 4. The van der Waals surface area contributed by atoms with E-state index in [-0.39, 0.29) is 6.17 Å². The second kappa shape index (κ2) is 17.0. The first-order valence-corrected chi connectivity index (χ1v) is 21.3. The van der Waals surface area contributed by atoms with Gasteiger partial charge in [0.1, 0.15) is 11.7 Å². The van der Waals surface area contributed by atoms with E-state index < -0.39 is 0 Å². The van der Waals surface area contributed by atoms with Crippen LogP contribution in [0.5, 0.6) is 0 Å². The molecule has 1 aliphatic heterocycles. The van der Waals surface area contributed by atoms with Crippen molar-refractivity contribution in [1.29, 1.82) is 5.26 Å². The number of hydrogen-bond acceptors (Lipinski definition) is 8. The largest absolute Gasteiger partial charge is 0.436 e. The molecule has 0 bridgehead atoms. The van der Waals surface area contributed by atoms with E-state index in [9.17, 15) is 5.26 Å². The van der Waals surface area contributed by atoms with Gasteiger partial charge in [-0.2, -0.15) is 5.26 Å². The zero-order chi connectivity index (χ0) is 43.5. The smallest absolute Gasteiger partial charge is 0.227 e. The van der Waals surface area contributed by atoms with Crippen molar-refractivity contribution in [2.45, 2.75) is 6.17 Å². The van der Waals surface area contributed by atoms with Crippen LogP contribution in [-0.2, 0) is 0 Å². The lowest BCUT2D eigenvalue weighted by Crippen LogP contribution is -2.16. The Morgan fingerprint density at radius 3 is 1.62 bits per heavy atom. The van der Waals surface area contributed by atoms with E-state index in [1.54, 1.807) is 0 Å². The van der Waals surface area contributed by atoms with E-state index in [1.807, 2.05) is 140 Å². The molecule has 306 valence electrons. The molecule has 8 heteroatoms. The summed E-state index contributed by atoms with van der Waals surface area (Å²) >= 11 is 0. The predicted octanol–water partition coefficient (Wildman–Crippen LogP) is 13.4. The molecule has 2 aromatic heterocycles. The van der Waals surface area contributed by atoms with Crippen LogP contribution in [0.2, 0.25) is 0 Å². The quantitative estimate of drug-likeness (QED) is 0.154. The highest BCUT2D eigenvalue weighted by atomic mass is 16.3. The summed E-state index contributed by atoms with van der Waals surface area (Å²) in [5.74, 6) is 2.26. The average Bonchev–Trinajstić information content (AvgIpc) is 3.84. The minimum atomic E-state index is -0.336. The summed E-state index contributed by atoms with van der Waals surface area (Å²) in [5, 5.41) is 13.0. The van der Waals surface area contributed by atoms with E-state index in [0.717, 1.165) is 83.4 Å². The molecule has 0 radical (unpaired) electrons. The average molecular weight is 836 g/mol. The van der Waals surface area contributed by atoms with Crippen LogP contribution in [0.1, 0.15) is 17.3 Å². The molecule has 0 fully saturated rings. The molecule has 0 amide bonds. The van der Waals surface area contributed by atoms with Gasteiger partial charge in [-0.1, -0.05) is 115 Å². The fraction of sp³-hybridized carbons (Fsp3) is 0.0175. The van der Waals surface area contributed by atoms with Crippen LogP contribution in [0.4, 0.5) is 0 Å². The van der Waals surface area contributed by atoms with Crippen molar-refractivity contribution >= 4 is 17.3 Å². The van der Waals surface area contributed by atoms with Gasteiger partial charge in [0.05, 0.1) is 11.6 Å². The third-order valence-electron chi connectivity index (χ3n) is 11.5. The topological polar surface area (TPSA) is 113 Å². The van der Waals surface area contributed by atoms with E-state index in [1.165, 1.54) is 0 Å². The first-order valence-electron chi connectivity index (χ1n) is 21.3. The maximum Gasteiger partial charge on any atom is 0.227 e. The molecule has 10 aromatic rings. The summed E-state index contributed by atoms with van der Waals surface area (Å²) in [5.41, 5.74) is 14.7. The van der Waals surface area contributed by atoms with Gasteiger partial charge in [-0.15, -0.1) is 0 Å². The van der Waals surface area contributed by atoms with E-state index in [4.69, 9.17) is 29.3 Å². The van der Waals surface area contributed by atoms with Gasteiger partial charge in [0.15, 0.2) is 23.1 Å². The number of benzene rings is 8. The van der Waals surface area contributed by atoms with Crippen molar-refractivity contribution in [2.24, 2.45) is 4.99 Å².